The number of esters is 1. The molecular weight excluding hydrogens is 364 g/mol. The van der Waals surface area contributed by atoms with Gasteiger partial charge in [-0.2, -0.15) is 20.5 Å². The fourth-order valence-electron chi connectivity index (χ4n) is 2.54. The summed E-state index contributed by atoms with van der Waals surface area (Å²) in [4.78, 5) is 31.6. The first-order valence-electron chi connectivity index (χ1n) is 9.40. The minimum atomic E-state index is -0.781. The lowest BCUT2D eigenvalue weighted by molar-refractivity contribution is -0.148. The number of amides is 1. The minimum absolute atomic E-state index is 0.202. The van der Waals surface area contributed by atoms with Crippen LogP contribution in [0.3, 0.4) is 0 Å². The zero-order chi connectivity index (χ0) is 20.0. The van der Waals surface area contributed by atoms with Gasteiger partial charge in [0.2, 0.25) is 5.91 Å². The number of carbonyl (C=O) groups excluding carboxylic acids is 2. The van der Waals surface area contributed by atoms with Gasteiger partial charge in [0.05, 0.1) is 12.9 Å². The molecule has 0 bridgehead atoms. The summed E-state index contributed by atoms with van der Waals surface area (Å²) in [7, 11) is 0. The maximum absolute atomic E-state index is 12.4. The quantitative estimate of drug-likeness (QED) is 0.341. The van der Waals surface area contributed by atoms with Crippen molar-refractivity contribution in [1.29, 1.82) is 0 Å². The molecule has 11 heteroatoms. The predicted molar refractivity (Wildman–Crippen MR) is 98.4 cm³/mol. The Morgan fingerprint density at radius 2 is 1.86 bits per heavy atom. The molecule has 11 nitrogen and oxygen atoms in total. The van der Waals surface area contributed by atoms with Crippen LogP contribution in [0.15, 0.2) is 33.0 Å². The number of imidazole rings is 1. The van der Waals surface area contributed by atoms with Gasteiger partial charge >= 0.3 is 5.97 Å². The predicted octanol–water partition coefficient (Wildman–Crippen LogP) is 1.10. The van der Waals surface area contributed by atoms with Gasteiger partial charge in [-0.25, -0.2) is 9.78 Å². The van der Waals surface area contributed by atoms with Crippen LogP contribution in [0.4, 0.5) is 0 Å². The standard InChI is InChI=1S/C17H26N8O3/c1-16(22-23-16)4-7-18-6-3-14(26)21-13(9-12-10-19-11-20-12)15(27)28-8-5-17(2)24-25-17/h10-11,13,18H,3-9H2,1-2H3,(H,19,20)(H,21,26)/t13-/m0/s1. The number of H-pyrrole nitrogens is 1. The molecule has 0 saturated heterocycles. The Labute approximate surface area is 162 Å². The largest absolute Gasteiger partial charge is 0.464 e. The van der Waals surface area contributed by atoms with Crippen LogP contribution in [0.5, 0.6) is 0 Å². The van der Waals surface area contributed by atoms with E-state index in [1.54, 1.807) is 6.20 Å². The Morgan fingerprint density at radius 3 is 2.50 bits per heavy atom. The second-order valence-corrected chi connectivity index (χ2v) is 7.40. The Balaban J connectivity index is 1.39. The highest BCUT2D eigenvalue weighted by molar-refractivity contribution is 5.84. The van der Waals surface area contributed by atoms with E-state index in [0.717, 1.165) is 18.7 Å². The van der Waals surface area contributed by atoms with E-state index in [0.29, 0.717) is 13.0 Å². The van der Waals surface area contributed by atoms with Crippen molar-refractivity contribution in [3.8, 4) is 0 Å². The number of nitrogens with one attached hydrogen (secondary N) is 3. The normalized spacial score (nSPS) is 18.5. The average molecular weight is 390 g/mol. The number of nitrogens with zero attached hydrogens (tertiary/aromatic N) is 5. The summed E-state index contributed by atoms with van der Waals surface area (Å²) in [5, 5.41) is 21.6. The summed E-state index contributed by atoms with van der Waals surface area (Å²) in [5.41, 5.74) is 0.0723. The fraction of sp³-hybridized carbons (Fsp3) is 0.706. The monoisotopic (exact) mass is 390 g/mol. The van der Waals surface area contributed by atoms with Crippen molar-refractivity contribution >= 4 is 11.9 Å². The summed E-state index contributed by atoms with van der Waals surface area (Å²) in [6.45, 7) is 5.26. The van der Waals surface area contributed by atoms with Crippen molar-refractivity contribution < 1.29 is 14.3 Å². The fourth-order valence-corrected chi connectivity index (χ4v) is 2.54. The van der Waals surface area contributed by atoms with Crippen LogP contribution in [0.2, 0.25) is 0 Å². The Morgan fingerprint density at radius 1 is 1.14 bits per heavy atom. The number of hydrogen-bond donors (Lipinski definition) is 3. The molecule has 1 atom stereocenters. The molecule has 0 radical (unpaired) electrons. The summed E-state index contributed by atoms with van der Waals surface area (Å²) >= 11 is 0. The average Bonchev–Trinajstić information content (AvgIpc) is 3.51. The lowest BCUT2D eigenvalue weighted by Gasteiger charge is -2.17. The van der Waals surface area contributed by atoms with E-state index in [2.05, 4.69) is 41.1 Å². The molecule has 28 heavy (non-hydrogen) atoms. The van der Waals surface area contributed by atoms with E-state index in [4.69, 9.17) is 4.74 Å². The van der Waals surface area contributed by atoms with Crippen LogP contribution in [0.25, 0.3) is 0 Å². The summed E-state index contributed by atoms with van der Waals surface area (Å²) in [5.74, 6) is -0.704. The Kier molecular flexibility index (Phi) is 6.12. The molecule has 1 aromatic heterocycles. The zero-order valence-corrected chi connectivity index (χ0v) is 16.1. The second kappa shape index (κ2) is 8.55. The first kappa shape index (κ1) is 20.1. The lowest BCUT2D eigenvalue weighted by Crippen LogP contribution is -2.44. The molecule has 1 amide bonds. The van der Waals surface area contributed by atoms with E-state index in [1.807, 2.05) is 13.8 Å². The molecular formula is C17H26N8O3. The topological polar surface area (TPSA) is 146 Å². The first-order valence-corrected chi connectivity index (χ1v) is 9.40. The maximum Gasteiger partial charge on any atom is 0.329 e. The molecule has 0 fully saturated rings. The van der Waals surface area contributed by atoms with E-state index in [-0.39, 0.29) is 31.0 Å². The summed E-state index contributed by atoms with van der Waals surface area (Å²) in [6.07, 6.45) is 5.02. The van der Waals surface area contributed by atoms with Crippen LogP contribution in [0, 0.1) is 0 Å². The van der Waals surface area contributed by atoms with Gasteiger partial charge in [-0.3, -0.25) is 4.79 Å². The molecule has 0 aliphatic carbocycles. The van der Waals surface area contributed by atoms with Crippen LogP contribution in [0.1, 0.15) is 38.8 Å². The first-order chi connectivity index (χ1) is 13.4. The second-order valence-electron chi connectivity index (χ2n) is 7.40. The Hall–Kier alpha value is -2.69. The molecule has 2 aliphatic heterocycles. The number of ether oxygens (including phenoxy) is 1. The molecule has 0 spiro atoms. The summed E-state index contributed by atoms with van der Waals surface area (Å²) < 4.78 is 5.31. The van der Waals surface area contributed by atoms with Crippen molar-refractivity contribution in [2.24, 2.45) is 20.5 Å². The molecule has 0 unspecified atom stereocenters. The van der Waals surface area contributed by atoms with Crippen molar-refractivity contribution in [3.05, 3.63) is 18.2 Å². The van der Waals surface area contributed by atoms with Gasteiger partial charge in [-0.15, -0.1) is 0 Å². The zero-order valence-electron chi connectivity index (χ0n) is 16.1. The van der Waals surface area contributed by atoms with E-state index in [9.17, 15) is 9.59 Å². The smallest absolute Gasteiger partial charge is 0.329 e. The van der Waals surface area contributed by atoms with Crippen molar-refractivity contribution in [1.82, 2.24) is 20.6 Å². The molecule has 1 aromatic rings. The third-order valence-electron chi connectivity index (χ3n) is 4.61. The van der Waals surface area contributed by atoms with Crippen molar-refractivity contribution in [2.75, 3.05) is 19.7 Å². The number of hydrogen-bond acceptors (Lipinski definition) is 9. The van der Waals surface area contributed by atoms with Gasteiger partial charge in [-0.1, -0.05) is 0 Å². The van der Waals surface area contributed by atoms with Crippen LogP contribution < -0.4 is 10.6 Å². The van der Waals surface area contributed by atoms with E-state index in [1.165, 1.54) is 6.33 Å². The molecule has 2 aliphatic rings. The Bertz CT molecular complexity index is 734. The molecule has 152 valence electrons. The van der Waals surface area contributed by atoms with Crippen LogP contribution >= 0.6 is 0 Å². The van der Waals surface area contributed by atoms with Crippen molar-refractivity contribution in [2.45, 2.75) is 56.9 Å². The van der Waals surface area contributed by atoms with Crippen molar-refractivity contribution in [3.63, 3.8) is 0 Å². The molecule has 0 aromatic carbocycles. The highest BCUT2D eigenvalue weighted by atomic mass is 16.5. The highest BCUT2D eigenvalue weighted by Crippen LogP contribution is 2.30. The van der Waals surface area contributed by atoms with Gasteiger partial charge in [0.15, 0.2) is 11.3 Å². The lowest BCUT2D eigenvalue weighted by atomic mass is 10.1. The van der Waals surface area contributed by atoms with E-state index < -0.39 is 17.7 Å². The van der Waals surface area contributed by atoms with E-state index >= 15 is 0 Å². The number of aromatic nitrogens is 2. The van der Waals surface area contributed by atoms with Gasteiger partial charge in [0.1, 0.15) is 6.04 Å². The van der Waals surface area contributed by atoms with Gasteiger partial charge in [0.25, 0.3) is 0 Å². The molecule has 3 rings (SSSR count). The highest BCUT2D eigenvalue weighted by Gasteiger charge is 2.34. The third-order valence-corrected chi connectivity index (χ3v) is 4.61. The number of carbonyl (C=O) groups is 2. The van der Waals surface area contributed by atoms with Gasteiger partial charge < -0.3 is 20.4 Å². The number of aromatic amines is 1. The van der Waals surface area contributed by atoms with Crippen LogP contribution in [-0.4, -0.2) is 58.9 Å². The molecule has 3 N–H and O–H groups in total. The summed E-state index contributed by atoms with van der Waals surface area (Å²) in [6, 6.07) is -0.781. The third kappa shape index (κ3) is 6.48. The maximum atomic E-state index is 12.4. The number of rotatable bonds is 13. The van der Waals surface area contributed by atoms with Gasteiger partial charge in [0, 0.05) is 44.1 Å². The molecule has 0 saturated carbocycles. The minimum Gasteiger partial charge on any atom is -0.464 e. The van der Waals surface area contributed by atoms with Crippen LogP contribution in [-0.2, 0) is 20.7 Å². The van der Waals surface area contributed by atoms with Gasteiger partial charge in [-0.05, 0) is 20.4 Å². The SMILES string of the molecule is CC1(CCNCCC(=O)N[C@@H](Cc2cnc[nH]2)C(=O)OCCC2(C)N=N2)N=N1. The molecule has 3 heterocycles.